The number of nitrogens with zero attached hydrogens (tertiary/aromatic N) is 1. The molecular formula is C20H23FN2O4S. The molecule has 0 saturated carbocycles. The summed E-state index contributed by atoms with van der Waals surface area (Å²) in [6, 6.07) is 9.26. The van der Waals surface area contributed by atoms with Crippen molar-refractivity contribution in [1.29, 1.82) is 0 Å². The van der Waals surface area contributed by atoms with E-state index < -0.39 is 27.9 Å². The molecule has 0 bridgehead atoms. The molecular weight excluding hydrogens is 383 g/mol. The number of unbranched alkanes of at least 4 members (excludes halogenated alkanes) is 1. The van der Waals surface area contributed by atoms with Gasteiger partial charge in [0.05, 0.1) is 16.6 Å². The molecule has 0 aromatic heterocycles. The van der Waals surface area contributed by atoms with Crippen molar-refractivity contribution in [3.8, 4) is 0 Å². The van der Waals surface area contributed by atoms with Gasteiger partial charge >= 0.3 is 5.97 Å². The first kappa shape index (κ1) is 20.3. The maximum Gasteiger partial charge on any atom is 0.303 e. The molecule has 28 heavy (non-hydrogen) atoms. The molecule has 0 radical (unpaired) electrons. The number of rotatable bonds is 6. The lowest BCUT2D eigenvalue weighted by Gasteiger charge is -2.22. The Labute approximate surface area is 164 Å². The molecule has 2 aromatic carbocycles. The SMILES string of the molecule is Cc1cc2c(cc1F)C(NCCCCC(=O)O)c1ccccc1N(C)S2(=O)=O. The van der Waals surface area contributed by atoms with Crippen LogP contribution in [0.15, 0.2) is 41.3 Å². The first-order chi connectivity index (χ1) is 13.2. The van der Waals surface area contributed by atoms with Crippen LogP contribution in [0.4, 0.5) is 10.1 Å². The summed E-state index contributed by atoms with van der Waals surface area (Å²) in [5.41, 5.74) is 1.88. The zero-order valence-electron chi connectivity index (χ0n) is 15.8. The average molecular weight is 406 g/mol. The third-order valence-electron chi connectivity index (χ3n) is 4.99. The molecule has 2 aromatic rings. The smallest absolute Gasteiger partial charge is 0.303 e. The van der Waals surface area contributed by atoms with Crippen LogP contribution < -0.4 is 9.62 Å². The number of carbonyl (C=O) groups is 1. The fourth-order valence-corrected chi connectivity index (χ4v) is 4.97. The normalized spacial score (nSPS) is 17.5. The van der Waals surface area contributed by atoms with Gasteiger partial charge in [-0.3, -0.25) is 9.10 Å². The minimum Gasteiger partial charge on any atom is -0.481 e. The van der Waals surface area contributed by atoms with Crippen LogP contribution in [0.25, 0.3) is 0 Å². The molecule has 1 atom stereocenters. The molecule has 3 rings (SSSR count). The van der Waals surface area contributed by atoms with E-state index >= 15 is 0 Å². The topological polar surface area (TPSA) is 86.7 Å². The first-order valence-corrected chi connectivity index (χ1v) is 10.5. The number of halogens is 1. The van der Waals surface area contributed by atoms with E-state index in [9.17, 15) is 17.6 Å². The zero-order valence-corrected chi connectivity index (χ0v) is 16.6. The van der Waals surface area contributed by atoms with E-state index in [-0.39, 0.29) is 16.9 Å². The van der Waals surface area contributed by atoms with Crippen molar-refractivity contribution in [1.82, 2.24) is 5.32 Å². The van der Waals surface area contributed by atoms with Gasteiger partial charge in [0.25, 0.3) is 10.0 Å². The lowest BCUT2D eigenvalue weighted by Crippen LogP contribution is -2.26. The van der Waals surface area contributed by atoms with Gasteiger partial charge in [0, 0.05) is 13.5 Å². The summed E-state index contributed by atoms with van der Waals surface area (Å²) in [6.45, 7) is 2.02. The van der Waals surface area contributed by atoms with Crippen LogP contribution in [0.2, 0.25) is 0 Å². The number of hydrogen-bond acceptors (Lipinski definition) is 4. The van der Waals surface area contributed by atoms with E-state index in [0.717, 1.165) is 5.56 Å². The van der Waals surface area contributed by atoms with Gasteiger partial charge in [-0.05, 0) is 61.2 Å². The Hall–Kier alpha value is -2.45. The number of aliphatic carboxylic acids is 1. The molecule has 0 amide bonds. The fourth-order valence-electron chi connectivity index (χ4n) is 3.45. The number of sulfonamides is 1. The highest BCUT2D eigenvalue weighted by Gasteiger charge is 2.35. The predicted molar refractivity (Wildman–Crippen MR) is 105 cm³/mol. The molecule has 0 aliphatic carbocycles. The Morgan fingerprint density at radius 2 is 1.93 bits per heavy atom. The largest absolute Gasteiger partial charge is 0.481 e. The Kier molecular flexibility index (Phi) is 5.71. The van der Waals surface area contributed by atoms with E-state index in [2.05, 4.69) is 5.32 Å². The lowest BCUT2D eigenvalue weighted by atomic mass is 9.95. The fraction of sp³-hybridized carbons (Fsp3) is 0.350. The summed E-state index contributed by atoms with van der Waals surface area (Å²) in [5, 5.41) is 12.1. The van der Waals surface area contributed by atoms with Gasteiger partial charge in [-0.2, -0.15) is 0 Å². The molecule has 150 valence electrons. The van der Waals surface area contributed by atoms with Crippen LogP contribution >= 0.6 is 0 Å². The van der Waals surface area contributed by atoms with Crippen molar-refractivity contribution in [2.24, 2.45) is 0 Å². The van der Waals surface area contributed by atoms with Crippen LogP contribution in [0.1, 0.15) is 42.0 Å². The number of anilines is 1. The average Bonchev–Trinajstić information content (AvgIpc) is 2.71. The molecule has 0 saturated heterocycles. The Morgan fingerprint density at radius 3 is 2.64 bits per heavy atom. The second kappa shape index (κ2) is 7.89. The Morgan fingerprint density at radius 1 is 1.21 bits per heavy atom. The summed E-state index contributed by atoms with van der Waals surface area (Å²) in [5.74, 6) is -1.32. The van der Waals surface area contributed by atoms with Crippen molar-refractivity contribution in [2.45, 2.75) is 37.1 Å². The summed E-state index contributed by atoms with van der Waals surface area (Å²) in [6.07, 6.45) is 1.19. The van der Waals surface area contributed by atoms with Gasteiger partial charge in [-0.25, -0.2) is 12.8 Å². The van der Waals surface area contributed by atoms with Crippen LogP contribution in [0, 0.1) is 12.7 Å². The van der Waals surface area contributed by atoms with Crippen molar-refractivity contribution < 1.29 is 22.7 Å². The van der Waals surface area contributed by atoms with Crippen molar-refractivity contribution in [3.05, 3.63) is 58.9 Å². The number of para-hydroxylation sites is 1. The van der Waals surface area contributed by atoms with Crippen molar-refractivity contribution in [3.63, 3.8) is 0 Å². The van der Waals surface area contributed by atoms with Gasteiger partial charge in [0.1, 0.15) is 5.82 Å². The first-order valence-electron chi connectivity index (χ1n) is 9.06. The van der Waals surface area contributed by atoms with E-state index in [4.69, 9.17) is 5.11 Å². The number of carboxylic acid groups (broad SMARTS) is 1. The lowest BCUT2D eigenvalue weighted by molar-refractivity contribution is -0.137. The highest BCUT2D eigenvalue weighted by Crippen LogP contribution is 2.40. The minimum atomic E-state index is -3.84. The number of hydrogen-bond donors (Lipinski definition) is 2. The summed E-state index contributed by atoms with van der Waals surface area (Å²) in [7, 11) is -2.35. The van der Waals surface area contributed by atoms with Crippen molar-refractivity contribution in [2.75, 3.05) is 17.9 Å². The van der Waals surface area contributed by atoms with Gasteiger partial charge in [-0.15, -0.1) is 0 Å². The molecule has 1 unspecified atom stereocenters. The molecule has 6 nitrogen and oxygen atoms in total. The second-order valence-electron chi connectivity index (χ2n) is 6.91. The van der Waals surface area contributed by atoms with E-state index in [1.165, 1.54) is 30.4 Å². The third kappa shape index (κ3) is 3.74. The number of carboxylic acids is 1. The van der Waals surface area contributed by atoms with Crippen LogP contribution in [0.5, 0.6) is 0 Å². The van der Waals surface area contributed by atoms with Crippen LogP contribution in [0.3, 0.4) is 0 Å². The van der Waals surface area contributed by atoms with Crippen LogP contribution in [-0.2, 0) is 14.8 Å². The van der Waals surface area contributed by atoms with Gasteiger partial charge in [0.2, 0.25) is 0 Å². The van der Waals surface area contributed by atoms with E-state index in [1.807, 2.05) is 12.1 Å². The Balaban J connectivity index is 2.06. The zero-order chi connectivity index (χ0) is 20.5. The molecule has 8 heteroatoms. The quantitative estimate of drug-likeness (QED) is 0.720. The number of fused-ring (bicyclic) bond motifs is 2. The summed E-state index contributed by atoms with van der Waals surface area (Å²) >= 11 is 0. The highest BCUT2D eigenvalue weighted by molar-refractivity contribution is 7.92. The Bertz CT molecular complexity index is 1010. The van der Waals surface area contributed by atoms with Crippen molar-refractivity contribution >= 4 is 21.7 Å². The standard InChI is InChI=1S/C20H23FN2O4S/c1-13-11-18-15(12-16(13)21)20(22-10-6-5-9-19(24)25)14-7-3-4-8-17(14)23(2)28(18,26)27/h3-4,7-8,11-12,20,22H,5-6,9-10H2,1-2H3,(H,24,25). The monoisotopic (exact) mass is 406 g/mol. The van der Waals surface area contributed by atoms with E-state index in [0.29, 0.717) is 30.6 Å². The maximum atomic E-state index is 14.4. The number of nitrogens with one attached hydrogen (secondary N) is 1. The van der Waals surface area contributed by atoms with E-state index in [1.54, 1.807) is 12.1 Å². The van der Waals surface area contributed by atoms with Gasteiger partial charge in [-0.1, -0.05) is 18.2 Å². The number of benzene rings is 2. The summed E-state index contributed by atoms with van der Waals surface area (Å²) < 4.78 is 41.9. The molecule has 2 N–H and O–H groups in total. The molecule has 1 heterocycles. The van der Waals surface area contributed by atoms with Gasteiger partial charge < -0.3 is 10.4 Å². The van der Waals surface area contributed by atoms with Crippen LogP contribution in [-0.4, -0.2) is 33.1 Å². The number of aryl methyl sites for hydroxylation is 1. The molecule has 0 spiro atoms. The van der Waals surface area contributed by atoms with Gasteiger partial charge in [0.15, 0.2) is 0 Å². The molecule has 1 aliphatic rings. The maximum absolute atomic E-state index is 14.4. The molecule has 1 aliphatic heterocycles. The third-order valence-corrected chi connectivity index (χ3v) is 6.82. The predicted octanol–water partition coefficient (Wildman–Crippen LogP) is 3.21. The summed E-state index contributed by atoms with van der Waals surface area (Å²) in [4.78, 5) is 10.8. The second-order valence-corrected chi connectivity index (χ2v) is 8.85. The molecule has 0 fully saturated rings. The highest BCUT2D eigenvalue weighted by atomic mass is 32.2. The minimum absolute atomic E-state index is 0.0739.